The van der Waals surface area contributed by atoms with Crippen LogP contribution in [0.3, 0.4) is 0 Å². The summed E-state index contributed by atoms with van der Waals surface area (Å²) >= 11 is 10.9. The van der Waals surface area contributed by atoms with Gasteiger partial charge in [-0.15, -0.1) is 23.2 Å². The smallest absolute Gasteiger partial charge is 0.0549 e. The number of alkyl halides is 2. The molecule has 4 heteroatoms. The molecule has 0 saturated carbocycles. The minimum Gasteiger partial charge on any atom is -0.131 e. The van der Waals surface area contributed by atoms with E-state index < -0.39 is 8.31 Å². The fraction of sp³-hybridized carbons (Fsp3) is 1.00. The predicted molar refractivity (Wildman–Crippen MR) is 38.5 cm³/mol. The Balaban J connectivity index is 2.75. The van der Waals surface area contributed by atoms with Gasteiger partial charge in [-0.2, -0.15) is 0 Å². The van der Waals surface area contributed by atoms with Gasteiger partial charge < -0.3 is 0 Å². The van der Waals surface area contributed by atoms with Crippen LogP contribution in [0.2, 0.25) is 0 Å². The van der Waals surface area contributed by atoms with Crippen molar-refractivity contribution in [1.29, 1.82) is 0 Å². The largest absolute Gasteiger partial charge is 0.131 e. The van der Waals surface area contributed by atoms with Gasteiger partial charge in [-0.1, -0.05) is 0 Å². The summed E-state index contributed by atoms with van der Waals surface area (Å²) in [6.45, 7) is 0. The molecule has 0 heterocycles. The second-order valence-corrected chi connectivity index (χ2v) is 11.0. The highest BCUT2D eigenvalue weighted by Gasteiger charge is 1.95. The molecule has 0 saturated heterocycles. The lowest BCUT2D eigenvalue weighted by molar-refractivity contribution is 1.94. The SMILES string of the molecule is [SiH3][SiH](CCl)CCl. The van der Waals surface area contributed by atoms with Crippen LogP contribution in [0.15, 0.2) is 0 Å². The van der Waals surface area contributed by atoms with E-state index in [-0.39, 0.29) is 0 Å². The van der Waals surface area contributed by atoms with Gasteiger partial charge in [0.1, 0.15) is 0 Å². The van der Waals surface area contributed by atoms with Crippen molar-refractivity contribution in [3.63, 3.8) is 0 Å². The topological polar surface area (TPSA) is 0 Å². The maximum absolute atomic E-state index is 5.46. The molecule has 0 nitrogen and oxygen atoms in total. The summed E-state index contributed by atoms with van der Waals surface area (Å²) in [4.78, 5) is 0. The lowest BCUT2D eigenvalue weighted by Gasteiger charge is -1.92. The highest BCUT2D eigenvalue weighted by Crippen LogP contribution is 1.83. The summed E-state index contributed by atoms with van der Waals surface area (Å²) in [5.41, 5.74) is 1.74. The second-order valence-electron chi connectivity index (χ2n) is 1.41. The zero-order valence-electron chi connectivity index (χ0n) is 3.75. The number of halogens is 2. The van der Waals surface area contributed by atoms with Crippen LogP contribution in [-0.4, -0.2) is 29.1 Å². The molecule has 0 fully saturated rings. The van der Waals surface area contributed by atoms with E-state index in [0.717, 1.165) is 11.0 Å². The summed E-state index contributed by atoms with van der Waals surface area (Å²) in [6, 6.07) is 0. The number of hydrogen-bond donors (Lipinski definition) is 0. The van der Waals surface area contributed by atoms with Crippen LogP contribution < -0.4 is 0 Å². The fourth-order valence-electron chi connectivity index (χ4n) is 0.0412. The van der Waals surface area contributed by atoms with E-state index in [1.54, 1.807) is 0 Å². The van der Waals surface area contributed by atoms with Crippen molar-refractivity contribution < 1.29 is 0 Å². The average Bonchev–Trinajstić information content (AvgIpc) is 1.65. The molecule has 0 rings (SSSR count). The van der Waals surface area contributed by atoms with Crippen molar-refractivity contribution in [3.8, 4) is 0 Å². The Morgan fingerprint density at radius 3 is 1.67 bits per heavy atom. The van der Waals surface area contributed by atoms with E-state index in [9.17, 15) is 0 Å². The lowest BCUT2D eigenvalue weighted by Crippen LogP contribution is -2.17. The van der Waals surface area contributed by atoms with E-state index >= 15 is 0 Å². The molecule has 0 radical (unpaired) electrons. The average molecular weight is 159 g/mol. The van der Waals surface area contributed by atoms with Gasteiger partial charge >= 0.3 is 0 Å². The molecule has 0 aromatic heterocycles. The molecule has 0 bridgehead atoms. The van der Waals surface area contributed by atoms with Gasteiger partial charge in [-0.05, 0) is 9.76 Å². The summed E-state index contributed by atoms with van der Waals surface area (Å²) < 4.78 is 0. The summed E-state index contributed by atoms with van der Waals surface area (Å²) in [5.74, 6) is 0. The molecule has 0 unspecified atom stereocenters. The summed E-state index contributed by atoms with van der Waals surface area (Å²) in [5, 5.41) is 0. The van der Waals surface area contributed by atoms with Gasteiger partial charge in [0.15, 0.2) is 0 Å². The summed E-state index contributed by atoms with van der Waals surface area (Å²) in [7, 11) is 0.775. The Hall–Kier alpha value is 1.01. The molecule has 0 aliphatic rings. The van der Waals surface area contributed by atoms with Gasteiger partial charge in [0, 0.05) is 11.0 Å². The monoisotopic (exact) mass is 158 g/mol. The summed E-state index contributed by atoms with van der Waals surface area (Å²) in [6.07, 6.45) is 0. The zero-order valence-corrected chi connectivity index (χ0v) is 8.41. The molecule has 0 spiro atoms. The molecule has 6 heavy (non-hydrogen) atoms. The van der Waals surface area contributed by atoms with E-state index in [1.165, 1.54) is 9.76 Å². The Morgan fingerprint density at radius 2 is 1.67 bits per heavy atom. The second kappa shape index (κ2) is 4.18. The van der Waals surface area contributed by atoms with Crippen molar-refractivity contribution in [2.45, 2.75) is 0 Å². The standard InChI is InChI=1S/C2H8Cl2Si2/c3-1-6(5)2-4/h6H,1-2H2,5H3. The van der Waals surface area contributed by atoms with Crippen LogP contribution in [0.4, 0.5) is 0 Å². The first-order valence-corrected chi connectivity index (χ1v) is 9.25. The molecule has 0 aliphatic heterocycles. The molecule has 0 aromatic carbocycles. The quantitative estimate of drug-likeness (QED) is 0.381. The van der Waals surface area contributed by atoms with Crippen molar-refractivity contribution in [2.24, 2.45) is 0 Å². The molecule has 0 aliphatic carbocycles. The normalized spacial score (nSPS) is 10.5. The first kappa shape index (κ1) is 7.01. The van der Waals surface area contributed by atoms with Gasteiger partial charge in [-0.25, -0.2) is 0 Å². The van der Waals surface area contributed by atoms with Crippen LogP contribution in [0.1, 0.15) is 0 Å². The third-order valence-corrected chi connectivity index (χ3v) is 10.3. The van der Waals surface area contributed by atoms with Crippen LogP contribution in [0.25, 0.3) is 0 Å². The van der Waals surface area contributed by atoms with Crippen molar-refractivity contribution >= 4 is 41.3 Å². The number of rotatable bonds is 2. The molecule has 0 amide bonds. The molecule has 0 aromatic rings. The van der Waals surface area contributed by atoms with E-state index in [1.807, 2.05) is 0 Å². The van der Waals surface area contributed by atoms with Gasteiger partial charge in [0.05, 0.1) is 8.31 Å². The Morgan fingerprint density at radius 1 is 1.33 bits per heavy atom. The molecular weight excluding hydrogens is 151 g/mol. The first-order chi connectivity index (χ1) is 2.81. The highest BCUT2D eigenvalue weighted by atomic mass is 35.5. The molecular formula is C2H8Cl2Si2. The first-order valence-electron chi connectivity index (χ1n) is 1.93. The minimum absolute atomic E-state index is 0.491. The van der Waals surface area contributed by atoms with Crippen molar-refractivity contribution in [3.05, 3.63) is 0 Å². The van der Waals surface area contributed by atoms with Gasteiger partial charge in [-0.3, -0.25) is 0 Å². The maximum Gasteiger partial charge on any atom is 0.0549 e. The Bertz CT molecular complexity index is 28.7. The van der Waals surface area contributed by atoms with Gasteiger partial charge in [0.25, 0.3) is 0 Å². The third kappa shape index (κ3) is 3.21. The van der Waals surface area contributed by atoms with E-state index in [2.05, 4.69) is 0 Å². The lowest BCUT2D eigenvalue weighted by atomic mass is 11.8. The van der Waals surface area contributed by atoms with Crippen LogP contribution in [-0.2, 0) is 0 Å². The Kier molecular flexibility index (Phi) is 4.89. The van der Waals surface area contributed by atoms with Gasteiger partial charge in [0.2, 0.25) is 0 Å². The van der Waals surface area contributed by atoms with Crippen molar-refractivity contribution in [2.75, 3.05) is 11.0 Å². The molecule has 0 atom stereocenters. The van der Waals surface area contributed by atoms with Crippen molar-refractivity contribution in [1.82, 2.24) is 0 Å². The Labute approximate surface area is 52.6 Å². The van der Waals surface area contributed by atoms with Crippen LogP contribution in [0, 0.1) is 0 Å². The number of hydrogen-bond acceptors (Lipinski definition) is 0. The minimum atomic E-state index is -0.491. The highest BCUT2D eigenvalue weighted by molar-refractivity contribution is 7.08. The van der Waals surface area contributed by atoms with Crippen LogP contribution >= 0.6 is 23.2 Å². The molecule has 0 N–H and O–H groups in total. The maximum atomic E-state index is 5.46. The zero-order chi connectivity index (χ0) is 4.99. The fourth-order valence-corrected chi connectivity index (χ4v) is 1.11. The molecule has 38 valence electrons. The third-order valence-electron chi connectivity index (χ3n) is 0.527. The predicted octanol–water partition coefficient (Wildman–Crippen LogP) is -0.368. The van der Waals surface area contributed by atoms with Crippen LogP contribution in [0.5, 0.6) is 0 Å². The van der Waals surface area contributed by atoms with E-state index in [4.69, 9.17) is 23.2 Å². The van der Waals surface area contributed by atoms with E-state index in [0.29, 0.717) is 0 Å².